The number of carbonyl (C=O) groups is 2. The lowest BCUT2D eigenvalue weighted by Gasteiger charge is -2.29. The third-order valence-corrected chi connectivity index (χ3v) is 4.85. The molecule has 0 spiro atoms. The van der Waals surface area contributed by atoms with Crippen molar-refractivity contribution in [2.75, 3.05) is 0 Å². The summed E-state index contributed by atoms with van der Waals surface area (Å²) in [6.07, 6.45) is 1.93. The Morgan fingerprint density at radius 1 is 1.17 bits per heavy atom. The summed E-state index contributed by atoms with van der Waals surface area (Å²) in [6, 6.07) is 9.49. The van der Waals surface area contributed by atoms with Gasteiger partial charge in [0, 0.05) is 18.5 Å². The summed E-state index contributed by atoms with van der Waals surface area (Å²) in [5.74, 6) is -1.50. The molecule has 0 fully saturated rings. The van der Waals surface area contributed by atoms with Gasteiger partial charge in [0.2, 0.25) is 5.91 Å². The molecule has 1 heterocycles. The van der Waals surface area contributed by atoms with E-state index >= 15 is 0 Å². The molecule has 30 heavy (non-hydrogen) atoms. The van der Waals surface area contributed by atoms with Gasteiger partial charge in [-0.2, -0.15) is 0 Å². The molecule has 6 nitrogen and oxygen atoms in total. The Morgan fingerprint density at radius 3 is 2.57 bits per heavy atom. The van der Waals surface area contributed by atoms with Gasteiger partial charge >= 0.3 is 0 Å². The van der Waals surface area contributed by atoms with Crippen molar-refractivity contribution in [2.45, 2.75) is 45.3 Å². The smallest absolute Gasteiger partial charge is 0.251 e. The van der Waals surface area contributed by atoms with Crippen LogP contribution < -0.4 is 11.1 Å². The minimum Gasteiger partial charge on any atom is -0.369 e. The molecule has 2 amide bonds. The van der Waals surface area contributed by atoms with Crippen molar-refractivity contribution in [3.8, 4) is 0 Å². The summed E-state index contributed by atoms with van der Waals surface area (Å²) >= 11 is 0. The molecule has 0 aromatic heterocycles. The van der Waals surface area contributed by atoms with Crippen molar-refractivity contribution >= 4 is 17.8 Å². The van der Waals surface area contributed by atoms with Gasteiger partial charge in [0.1, 0.15) is 11.6 Å². The summed E-state index contributed by atoms with van der Waals surface area (Å²) in [4.78, 5) is 30.5. The Balaban J connectivity index is 1.70. The summed E-state index contributed by atoms with van der Waals surface area (Å²) in [5, 5.41) is 2.67. The number of halogens is 2. The van der Waals surface area contributed by atoms with E-state index in [1.165, 1.54) is 29.2 Å². The highest BCUT2D eigenvalue weighted by molar-refractivity contribution is 5.98. The minimum atomic E-state index is -0.594. The number of hydrogen-bond acceptors (Lipinski definition) is 4. The van der Waals surface area contributed by atoms with Crippen molar-refractivity contribution in [3.63, 3.8) is 0 Å². The number of benzene rings is 2. The van der Waals surface area contributed by atoms with E-state index in [-0.39, 0.29) is 48.8 Å². The van der Waals surface area contributed by atoms with E-state index in [0.717, 1.165) is 18.9 Å². The molecule has 3 N–H and O–H groups in total. The number of rotatable bonds is 7. The van der Waals surface area contributed by atoms with Crippen molar-refractivity contribution < 1.29 is 18.4 Å². The fourth-order valence-electron chi connectivity index (χ4n) is 3.35. The van der Waals surface area contributed by atoms with Crippen LogP contribution in [-0.2, 0) is 17.9 Å². The van der Waals surface area contributed by atoms with E-state index in [0.29, 0.717) is 11.1 Å². The average molecular weight is 414 g/mol. The predicted molar refractivity (Wildman–Crippen MR) is 109 cm³/mol. The monoisotopic (exact) mass is 414 g/mol. The fraction of sp³-hybridized carbons (Fsp3) is 0.318. The highest BCUT2D eigenvalue weighted by Gasteiger charge is 2.27. The SMILES string of the molecule is CCCC1CC(=O)N(Cc2cc(F)cc(C(=O)NCc3ccc(F)cc3)c2)C(N)=N1. The summed E-state index contributed by atoms with van der Waals surface area (Å²) < 4.78 is 27.1. The van der Waals surface area contributed by atoms with Crippen LogP contribution in [0.25, 0.3) is 0 Å². The quantitative estimate of drug-likeness (QED) is 0.730. The molecule has 0 saturated heterocycles. The largest absolute Gasteiger partial charge is 0.369 e. The van der Waals surface area contributed by atoms with Crippen LogP contribution in [0.2, 0.25) is 0 Å². The maximum absolute atomic E-state index is 14.1. The lowest BCUT2D eigenvalue weighted by atomic mass is 10.1. The number of hydrogen-bond donors (Lipinski definition) is 2. The van der Waals surface area contributed by atoms with Gasteiger partial charge in [-0.3, -0.25) is 14.5 Å². The second-order valence-electron chi connectivity index (χ2n) is 7.27. The molecule has 2 aromatic rings. The second kappa shape index (κ2) is 9.47. The molecule has 0 aliphatic carbocycles. The van der Waals surface area contributed by atoms with Crippen molar-refractivity contribution in [3.05, 3.63) is 70.8 Å². The van der Waals surface area contributed by atoms with Gasteiger partial charge in [0.25, 0.3) is 5.91 Å². The van der Waals surface area contributed by atoms with Gasteiger partial charge in [-0.05, 0) is 47.9 Å². The third kappa shape index (κ3) is 5.40. The molecular weight excluding hydrogens is 390 g/mol. The molecule has 0 saturated carbocycles. The molecule has 158 valence electrons. The molecule has 1 unspecified atom stereocenters. The maximum Gasteiger partial charge on any atom is 0.251 e. The van der Waals surface area contributed by atoms with Crippen LogP contribution in [0.1, 0.15) is 47.7 Å². The van der Waals surface area contributed by atoms with Gasteiger partial charge in [0.15, 0.2) is 5.96 Å². The Labute approximate surface area is 173 Å². The Morgan fingerprint density at radius 2 is 1.90 bits per heavy atom. The van der Waals surface area contributed by atoms with Crippen LogP contribution in [0.5, 0.6) is 0 Å². The zero-order valence-electron chi connectivity index (χ0n) is 16.7. The van der Waals surface area contributed by atoms with E-state index in [1.54, 1.807) is 12.1 Å². The normalized spacial score (nSPS) is 16.4. The Hall–Kier alpha value is -3.29. The zero-order chi connectivity index (χ0) is 21.7. The lowest BCUT2D eigenvalue weighted by molar-refractivity contribution is -0.128. The van der Waals surface area contributed by atoms with Crippen LogP contribution in [0, 0.1) is 11.6 Å². The van der Waals surface area contributed by atoms with Gasteiger partial charge in [-0.25, -0.2) is 13.8 Å². The highest BCUT2D eigenvalue weighted by atomic mass is 19.1. The van der Waals surface area contributed by atoms with Crippen LogP contribution in [-0.4, -0.2) is 28.7 Å². The lowest BCUT2D eigenvalue weighted by Crippen LogP contribution is -2.46. The summed E-state index contributed by atoms with van der Waals surface area (Å²) in [6.45, 7) is 2.22. The van der Waals surface area contributed by atoms with Crippen LogP contribution in [0.3, 0.4) is 0 Å². The van der Waals surface area contributed by atoms with Crippen molar-refractivity contribution in [1.82, 2.24) is 10.2 Å². The molecular formula is C22H24F2N4O2. The second-order valence-corrected chi connectivity index (χ2v) is 7.27. The fourth-order valence-corrected chi connectivity index (χ4v) is 3.35. The predicted octanol–water partition coefficient (Wildman–Crippen LogP) is 3.11. The molecule has 2 aromatic carbocycles. The van der Waals surface area contributed by atoms with E-state index in [4.69, 9.17) is 5.73 Å². The van der Waals surface area contributed by atoms with Crippen molar-refractivity contribution in [2.24, 2.45) is 10.7 Å². The topological polar surface area (TPSA) is 87.8 Å². The first-order valence-electron chi connectivity index (χ1n) is 9.81. The van der Waals surface area contributed by atoms with E-state index in [2.05, 4.69) is 10.3 Å². The molecule has 1 aliphatic heterocycles. The molecule has 8 heteroatoms. The number of nitrogens with zero attached hydrogens (tertiary/aromatic N) is 2. The van der Waals surface area contributed by atoms with Gasteiger partial charge in [-0.15, -0.1) is 0 Å². The van der Waals surface area contributed by atoms with E-state index < -0.39 is 11.7 Å². The number of nitrogens with one attached hydrogen (secondary N) is 1. The number of carbonyl (C=O) groups excluding carboxylic acids is 2. The first-order valence-corrected chi connectivity index (χ1v) is 9.81. The van der Waals surface area contributed by atoms with Gasteiger partial charge in [0.05, 0.1) is 12.6 Å². The summed E-state index contributed by atoms with van der Waals surface area (Å²) in [7, 11) is 0. The number of amides is 2. The zero-order valence-corrected chi connectivity index (χ0v) is 16.7. The molecule has 1 atom stereocenters. The first kappa shape index (κ1) is 21.4. The third-order valence-electron chi connectivity index (χ3n) is 4.85. The highest BCUT2D eigenvalue weighted by Crippen LogP contribution is 2.18. The Kier molecular flexibility index (Phi) is 6.76. The maximum atomic E-state index is 14.1. The van der Waals surface area contributed by atoms with Crippen LogP contribution >= 0.6 is 0 Å². The van der Waals surface area contributed by atoms with Crippen molar-refractivity contribution in [1.29, 1.82) is 0 Å². The molecule has 1 aliphatic rings. The van der Waals surface area contributed by atoms with Crippen LogP contribution in [0.4, 0.5) is 8.78 Å². The average Bonchev–Trinajstić information content (AvgIpc) is 2.70. The Bertz CT molecular complexity index is 960. The summed E-state index contributed by atoms with van der Waals surface area (Å²) in [5.41, 5.74) is 7.22. The first-order chi connectivity index (χ1) is 14.4. The molecule has 0 bridgehead atoms. The van der Waals surface area contributed by atoms with Gasteiger partial charge in [-0.1, -0.05) is 25.5 Å². The van der Waals surface area contributed by atoms with Crippen LogP contribution in [0.15, 0.2) is 47.5 Å². The molecule has 3 rings (SSSR count). The van der Waals surface area contributed by atoms with E-state index in [1.807, 2.05) is 6.92 Å². The number of nitrogens with two attached hydrogens (primary N) is 1. The van der Waals surface area contributed by atoms with E-state index in [9.17, 15) is 18.4 Å². The number of guanidine groups is 1. The molecule has 0 radical (unpaired) electrons. The standard InChI is InChI=1S/C22H24F2N4O2/c1-2-3-19-11-20(29)28(22(25)27-19)13-15-8-16(10-18(24)9-15)21(30)26-12-14-4-6-17(23)7-5-14/h4-10,19H,2-3,11-13H2,1H3,(H2,25,27)(H,26,30). The van der Waals surface area contributed by atoms with Gasteiger partial charge < -0.3 is 11.1 Å². The number of aliphatic imine (C=N–C) groups is 1. The minimum absolute atomic E-state index is 0.0308.